The lowest BCUT2D eigenvalue weighted by Gasteiger charge is -2.49. The third kappa shape index (κ3) is 4.81. The summed E-state index contributed by atoms with van der Waals surface area (Å²) < 4.78 is 5.29. The summed E-state index contributed by atoms with van der Waals surface area (Å²) in [5.74, 6) is 0.516. The van der Waals surface area contributed by atoms with E-state index in [1.54, 1.807) is 30.6 Å². The lowest BCUT2D eigenvalue weighted by atomic mass is 9.83. The van der Waals surface area contributed by atoms with Crippen LogP contribution in [-0.2, 0) is 17.6 Å². The van der Waals surface area contributed by atoms with Crippen LogP contribution < -0.4 is 19.9 Å². The number of nitrogens with one attached hydrogen (secondary N) is 1. The number of methoxy groups -OCH3 is 1. The van der Waals surface area contributed by atoms with Crippen LogP contribution in [0.25, 0.3) is 0 Å². The molecule has 2 aliphatic rings. The second-order valence-electron chi connectivity index (χ2n) is 8.91. The molecule has 0 unspecified atom stereocenters. The van der Waals surface area contributed by atoms with Gasteiger partial charge in [-0.05, 0) is 60.2 Å². The number of nitrogens with zero attached hydrogens (tertiary/aromatic N) is 3. The lowest BCUT2D eigenvalue weighted by Crippen LogP contribution is -2.61. The molecule has 0 radical (unpaired) electrons. The van der Waals surface area contributed by atoms with E-state index < -0.39 is 0 Å². The number of anilines is 2. The van der Waals surface area contributed by atoms with Gasteiger partial charge in [-0.1, -0.05) is 6.07 Å². The summed E-state index contributed by atoms with van der Waals surface area (Å²) in [6, 6.07) is 17.1. The number of ether oxygens (including phenoxy) is 1. The Morgan fingerprint density at radius 3 is 2.74 bits per heavy atom. The highest BCUT2D eigenvalue weighted by atomic mass is 32.1. The van der Waals surface area contributed by atoms with Crippen LogP contribution in [0.5, 0.6) is 5.75 Å². The summed E-state index contributed by atoms with van der Waals surface area (Å²) in [7, 11) is 1.65. The van der Waals surface area contributed by atoms with Crippen LogP contribution in [0.3, 0.4) is 0 Å². The molecule has 0 spiro atoms. The summed E-state index contributed by atoms with van der Waals surface area (Å²) in [5, 5.41) is 16.6. The molecule has 1 saturated heterocycles. The van der Waals surface area contributed by atoms with Crippen molar-refractivity contribution in [3.05, 3.63) is 80.5 Å². The predicted molar refractivity (Wildman–Crippen MR) is 138 cm³/mol. The summed E-state index contributed by atoms with van der Waals surface area (Å²) >= 11 is 1.68. The number of hydrogen-bond donors (Lipinski definition) is 1. The standard InChI is InChI=1S/C26H28N4O4S/c1-34-21-7-4-19(5-8-21)28-12-13-29-24-9-6-20(30(32)33)15-18(24)16-23(25(29)17-28)26(31)27-11-10-22-3-2-14-35-22/h2-9,14-15,23,25H,10-13,16-17H2,1H3,(H,27,31)/t23-,25+/m1/s1. The number of piperazine rings is 1. The van der Waals surface area contributed by atoms with Gasteiger partial charge in [-0.3, -0.25) is 14.9 Å². The monoisotopic (exact) mass is 492 g/mol. The van der Waals surface area contributed by atoms with E-state index in [-0.39, 0.29) is 28.5 Å². The fourth-order valence-corrected chi connectivity index (χ4v) is 5.85. The van der Waals surface area contributed by atoms with Crippen molar-refractivity contribution in [3.63, 3.8) is 0 Å². The molecule has 2 aromatic carbocycles. The Labute approximate surface area is 208 Å². The zero-order valence-corrected chi connectivity index (χ0v) is 20.4. The number of rotatable bonds is 7. The molecule has 8 nitrogen and oxygen atoms in total. The molecular formula is C26H28N4O4S. The van der Waals surface area contributed by atoms with E-state index in [4.69, 9.17) is 4.74 Å². The summed E-state index contributed by atoms with van der Waals surface area (Å²) in [6.45, 7) is 2.81. The maximum Gasteiger partial charge on any atom is 0.269 e. The SMILES string of the molecule is COc1ccc(N2CCN3c4ccc([N+](=O)[O-])cc4C[C@@H](C(=O)NCCc4cccs4)[C@@H]3C2)cc1. The molecule has 0 saturated carbocycles. The number of fused-ring (bicyclic) bond motifs is 3. The van der Waals surface area contributed by atoms with E-state index in [0.29, 0.717) is 19.5 Å². The lowest BCUT2D eigenvalue weighted by molar-refractivity contribution is -0.384. The van der Waals surface area contributed by atoms with Gasteiger partial charge >= 0.3 is 0 Å². The Bertz CT molecular complexity index is 1200. The highest BCUT2D eigenvalue weighted by Gasteiger charge is 2.42. The van der Waals surface area contributed by atoms with Crippen molar-refractivity contribution in [2.75, 3.05) is 43.1 Å². The normalized spacial score (nSPS) is 19.0. The molecule has 0 bridgehead atoms. The molecule has 1 aromatic heterocycles. The van der Waals surface area contributed by atoms with Crippen LogP contribution in [0.4, 0.5) is 17.1 Å². The van der Waals surface area contributed by atoms with Crippen LogP contribution in [0, 0.1) is 16.0 Å². The maximum atomic E-state index is 13.4. The third-order valence-corrected chi connectivity index (χ3v) is 7.87. The average molecular weight is 493 g/mol. The number of amides is 1. The first-order valence-corrected chi connectivity index (χ1v) is 12.6. The number of hydrogen-bond acceptors (Lipinski definition) is 7. The second-order valence-corrected chi connectivity index (χ2v) is 9.94. The minimum atomic E-state index is -0.371. The summed E-state index contributed by atoms with van der Waals surface area (Å²) in [6.07, 6.45) is 1.28. The topological polar surface area (TPSA) is 87.9 Å². The number of nitro benzene ring substituents is 1. The molecule has 1 amide bonds. The van der Waals surface area contributed by atoms with Crippen molar-refractivity contribution < 1.29 is 14.5 Å². The number of non-ortho nitro benzene ring substituents is 1. The van der Waals surface area contributed by atoms with E-state index >= 15 is 0 Å². The quantitative estimate of drug-likeness (QED) is 0.398. The van der Waals surface area contributed by atoms with Crippen LogP contribution in [-0.4, -0.2) is 50.2 Å². The molecule has 3 heterocycles. The maximum absolute atomic E-state index is 13.4. The van der Waals surface area contributed by atoms with Crippen molar-refractivity contribution in [1.82, 2.24) is 5.32 Å². The van der Waals surface area contributed by atoms with Crippen LogP contribution in [0.15, 0.2) is 60.0 Å². The van der Waals surface area contributed by atoms with E-state index in [9.17, 15) is 14.9 Å². The second kappa shape index (κ2) is 9.95. The minimum absolute atomic E-state index is 0.00490. The van der Waals surface area contributed by atoms with Gasteiger partial charge in [0.1, 0.15) is 5.75 Å². The smallest absolute Gasteiger partial charge is 0.269 e. The molecule has 2 aliphatic heterocycles. The van der Waals surface area contributed by atoms with Gasteiger partial charge in [0.25, 0.3) is 5.69 Å². The first kappa shape index (κ1) is 23.2. The van der Waals surface area contributed by atoms with E-state index in [1.165, 1.54) is 4.88 Å². The Kier molecular flexibility index (Phi) is 6.59. The fraction of sp³-hybridized carbons (Fsp3) is 0.346. The zero-order valence-electron chi connectivity index (χ0n) is 19.6. The summed E-state index contributed by atoms with van der Waals surface area (Å²) in [4.78, 5) is 30.3. The van der Waals surface area contributed by atoms with Crippen LogP contribution >= 0.6 is 11.3 Å². The highest BCUT2D eigenvalue weighted by Crippen LogP contribution is 2.38. The molecule has 5 rings (SSSR count). The number of carbonyl (C=O) groups excluding carboxylic acids is 1. The van der Waals surface area contributed by atoms with Gasteiger partial charge in [-0.2, -0.15) is 0 Å². The van der Waals surface area contributed by atoms with Gasteiger partial charge in [0.15, 0.2) is 0 Å². The first-order chi connectivity index (χ1) is 17.0. The number of benzene rings is 2. The molecule has 0 aliphatic carbocycles. The van der Waals surface area contributed by atoms with Gasteiger partial charge < -0.3 is 19.9 Å². The predicted octanol–water partition coefficient (Wildman–Crippen LogP) is 3.89. The van der Waals surface area contributed by atoms with Crippen LogP contribution in [0.2, 0.25) is 0 Å². The Morgan fingerprint density at radius 1 is 1.20 bits per heavy atom. The molecular weight excluding hydrogens is 464 g/mol. The molecule has 1 fully saturated rings. The number of thiophene rings is 1. The molecule has 2 atom stereocenters. The molecule has 35 heavy (non-hydrogen) atoms. The number of carbonyl (C=O) groups is 1. The first-order valence-electron chi connectivity index (χ1n) is 11.8. The minimum Gasteiger partial charge on any atom is -0.497 e. The van der Waals surface area contributed by atoms with E-state index in [1.807, 2.05) is 41.8 Å². The van der Waals surface area contributed by atoms with E-state index in [0.717, 1.165) is 42.2 Å². The highest BCUT2D eigenvalue weighted by molar-refractivity contribution is 7.09. The molecule has 9 heteroatoms. The third-order valence-electron chi connectivity index (χ3n) is 6.93. The van der Waals surface area contributed by atoms with Gasteiger partial charge in [0.2, 0.25) is 5.91 Å². The molecule has 1 N–H and O–H groups in total. The van der Waals surface area contributed by atoms with Crippen molar-refractivity contribution in [2.24, 2.45) is 5.92 Å². The zero-order chi connectivity index (χ0) is 24.4. The van der Waals surface area contributed by atoms with E-state index in [2.05, 4.69) is 21.2 Å². The fourth-order valence-electron chi connectivity index (χ4n) is 5.15. The summed E-state index contributed by atoms with van der Waals surface area (Å²) in [5.41, 5.74) is 3.03. The van der Waals surface area contributed by atoms with Gasteiger partial charge in [-0.15, -0.1) is 11.3 Å². The largest absolute Gasteiger partial charge is 0.497 e. The van der Waals surface area contributed by atoms with Crippen molar-refractivity contribution in [2.45, 2.75) is 18.9 Å². The molecule has 3 aromatic rings. The Morgan fingerprint density at radius 2 is 2.03 bits per heavy atom. The van der Waals surface area contributed by atoms with Crippen molar-refractivity contribution >= 4 is 34.3 Å². The van der Waals surface area contributed by atoms with Crippen molar-refractivity contribution in [1.29, 1.82) is 0 Å². The molecule has 182 valence electrons. The average Bonchev–Trinajstić information content (AvgIpc) is 3.41. The van der Waals surface area contributed by atoms with Crippen molar-refractivity contribution in [3.8, 4) is 5.75 Å². The van der Waals surface area contributed by atoms with Gasteiger partial charge in [0.05, 0.1) is 24.0 Å². The van der Waals surface area contributed by atoms with Crippen LogP contribution in [0.1, 0.15) is 10.4 Å². The van der Waals surface area contributed by atoms with Gasteiger partial charge in [0, 0.05) is 54.6 Å². The van der Waals surface area contributed by atoms with Gasteiger partial charge in [-0.25, -0.2) is 0 Å². The Balaban J connectivity index is 1.39. The number of nitro groups is 1. The Hall–Kier alpha value is -3.59.